The molecular weight excluding hydrogens is 188 g/mol. The van der Waals surface area contributed by atoms with Crippen molar-refractivity contribution >= 4 is 0 Å². The number of rotatable bonds is 6. The maximum absolute atomic E-state index is 5.18. The molecule has 1 unspecified atom stereocenters. The average Bonchev–Trinajstić information content (AvgIpc) is 3.09. The van der Waals surface area contributed by atoms with Gasteiger partial charge in [-0.15, -0.1) is 0 Å². The summed E-state index contributed by atoms with van der Waals surface area (Å²) in [5, 5.41) is 3.50. The molecule has 3 heteroatoms. The SMILES string of the molecule is COCCN(CC1CCCNC1)C1CC1. The zero-order valence-electron chi connectivity index (χ0n) is 9.87. The van der Waals surface area contributed by atoms with E-state index in [0.717, 1.165) is 25.1 Å². The summed E-state index contributed by atoms with van der Waals surface area (Å²) in [5.74, 6) is 0.871. The molecule has 0 radical (unpaired) electrons. The number of methoxy groups -OCH3 is 1. The minimum atomic E-state index is 0.871. The molecule has 2 aliphatic rings. The largest absolute Gasteiger partial charge is 0.383 e. The summed E-state index contributed by atoms with van der Waals surface area (Å²) in [6, 6.07) is 0.877. The molecule has 0 bridgehead atoms. The molecule has 2 fully saturated rings. The molecule has 1 saturated heterocycles. The van der Waals surface area contributed by atoms with Crippen LogP contribution in [0.15, 0.2) is 0 Å². The molecule has 1 atom stereocenters. The van der Waals surface area contributed by atoms with Gasteiger partial charge in [0.15, 0.2) is 0 Å². The topological polar surface area (TPSA) is 24.5 Å². The molecular formula is C12H24N2O. The van der Waals surface area contributed by atoms with Crippen molar-refractivity contribution in [1.82, 2.24) is 10.2 Å². The summed E-state index contributed by atoms with van der Waals surface area (Å²) in [6.45, 7) is 5.73. The highest BCUT2D eigenvalue weighted by Crippen LogP contribution is 2.28. The Hall–Kier alpha value is -0.120. The third-order valence-electron chi connectivity index (χ3n) is 3.54. The fraction of sp³-hybridized carbons (Fsp3) is 1.00. The Kier molecular flexibility index (Phi) is 4.42. The van der Waals surface area contributed by atoms with Gasteiger partial charge in [-0.1, -0.05) is 0 Å². The Morgan fingerprint density at radius 1 is 1.33 bits per heavy atom. The van der Waals surface area contributed by atoms with E-state index in [0.29, 0.717) is 0 Å². The fourth-order valence-corrected chi connectivity index (χ4v) is 2.48. The Morgan fingerprint density at radius 2 is 2.20 bits per heavy atom. The van der Waals surface area contributed by atoms with Gasteiger partial charge < -0.3 is 10.1 Å². The number of hydrogen-bond acceptors (Lipinski definition) is 3. The standard InChI is InChI=1S/C12H24N2O/c1-15-8-7-14(12-4-5-12)10-11-3-2-6-13-9-11/h11-13H,2-10H2,1H3. The molecule has 3 nitrogen and oxygen atoms in total. The molecule has 0 spiro atoms. The summed E-state index contributed by atoms with van der Waals surface area (Å²) in [4.78, 5) is 2.64. The highest BCUT2D eigenvalue weighted by atomic mass is 16.5. The van der Waals surface area contributed by atoms with E-state index in [9.17, 15) is 0 Å². The maximum atomic E-state index is 5.18. The van der Waals surface area contributed by atoms with Crippen molar-refractivity contribution in [3.05, 3.63) is 0 Å². The lowest BCUT2D eigenvalue weighted by Crippen LogP contribution is -2.40. The van der Waals surface area contributed by atoms with Crippen molar-refractivity contribution in [3.63, 3.8) is 0 Å². The van der Waals surface area contributed by atoms with Crippen LogP contribution in [0.2, 0.25) is 0 Å². The summed E-state index contributed by atoms with van der Waals surface area (Å²) < 4.78 is 5.18. The normalized spacial score (nSPS) is 27.2. The maximum Gasteiger partial charge on any atom is 0.0589 e. The van der Waals surface area contributed by atoms with E-state index in [1.165, 1.54) is 45.3 Å². The average molecular weight is 212 g/mol. The summed E-state index contributed by atoms with van der Waals surface area (Å²) in [7, 11) is 1.80. The van der Waals surface area contributed by atoms with E-state index in [4.69, 9.17) is 4.74 Å². The Morgan fingerprint density at radius 3 is 2.80 bits per heavy atom. The van der Waals surface area contributed by atoms with Crippen LogP contribution < -0.4 is 5.32 Å². The minimum Gasteiger partial charge on any atom is -0.383 e. The van der Waals surface area contributed by atoms with Crippen molar-refractivity contribution in [2.24, 2.45) is 5.92 Å². The van der Waals surface area contributed by atoms with Gasteiger partial charge in [0.1, 0.15) is 0 Å². The molecule has 15 heavy (non-hydrogen) atoms. The molecule has 0 aromatic carbocycles. The van der Waals surface area contributed by atoms with Gasteiger partial charge in [0, 0.05) is 26.2 Å². The van der Waals surface area contributed by atoms with Crippen molar-refractivity contribution in [1.29, 1.82) is 0 Å². The highest BCUT2D eigenvalue weighted by Gasteiger charge is 2.30. The lowest BCUT2D eigenvalue weighted by Gasteiger charge is -2.30. The number of ether oxygens (including phenoxy) is 1. The van der Waals surface area contributed by atoms with Crippen molar-refractivity contribution in [3.8, 4) is 0 Å². The van der Waals surface area contributed by atoms with Crippen LogP contribution in [0, 0.1) is 5.92 Å². The molecule has 1 N–H and O–H groups in total. The van der Waals surface area contributed by atoms with Crippen LogP contribution in [0.3, 0.4) is 0 Å². The second kappa shape index (κ2) is 5.83. The number of piperidine rings is 1. The van der Waals surface area contributed by atoms with Crippen LogP contribution in [0.4, 0.5) is 0 Å². The summed E-state index contributed by atoms with van der Waals surface area (Å²) >= 11 is 0. The van der Waals surface area contributed by atoms with Gasteiger partial charge >= 0.3 is 0 Å². The smallest absolute Gasteiger partial charge is 0.0589 e. The van der Waals surface area contributed by atoms with Crippen LogP contribution in [0.5, 0.6) is 0 Å². The van der Waals surface area contributed by atoms with E-state index in [1.807, 2.05) is 0 Å². The van der Waals surface area contributed by atoms with Gasteiger partial charge in [0.05, 0.1) is 6.61 Å². The van der Waals surface area contributed by atoms with Gasteiger partial charge in [-0.25, -0.2) is 0 Å². The summed E-state index contributed by atoms with van der Waals surface area (Å²) in [6.07, 6.45) is 5.57. The van der Waals surface area contributed by atoms with Gasteiger partial charge in [0.25, 0.3) is 0 Å². The van der Waals surface area contributed by atoms with Crippen LogP contribution in [0.1, 0.15) is 25.7 Å². The second-order valence-electron chi connectivity index (χ2n) is 4.93. The first-order valence-electron chi connectivity index (χ1n) is 6.34. The molecule has 1 aliphatic heterocycles. The first-order chi connectivity index (χ1) is 7.40. The number of nitrogens with zero attached hydrogens (tertiary/aromatic N) is 1. The van der Waals surface area contributed by atoms with E-state index in [2.05, 4.69) is 10.2 Å². The molecule has 1 aliphatic carbocycles. The molecule has 88 valence electrons. The Labute approximate surface area is 93.2 Å². The van der Waals surface area contributed by atoms with E-state index >= 15 is 0 Å². The van der Waals surface area contributed by atoms with E-state index in [1.54, 1.807) is 7.11 Å². The molecule has 2 rings (SSSR count). The van der Waals surface area contributed by atoms with E-state index in [-0.39, 0.29) is 0 Å². The van der Waals surface area contributed by atoms with Gasteiger partial charge in [-0.2, -0.15) is 0 Å². The quantitative estimate of drug-likeness (QED) is 0.713. The van der Waals surface area contributed by atoms with E-state index < -0.39 is 0 Å². The first-order valence-corrected chi connectivity index (χ1v) is 6.34. The molecule has 1 heterocycles. The van der Waals surface area contributed by atoms with Crippen LogP contribution in [0.25, 0.3) is 0 Å². The second-order valence-corrected chi connectivity index (χ2v) is 4.93. The van der Waals surface area contributed by atoms with Crippen molar-refractivity contribution in [2.75, 3.05) is 39.9 Å². The fourth-order valence-electron chi connectivity index (χ4n) is 2.48. The number of hydrogen-bond donors (Lipinski definition) is 1. The van der Waals surface area contributed by atoms with Gasteiger partial charge in [-0.3, -0.25) is 4.90 Å². The van der Waals surface area contributed by atoms with Crippen LogP contribution in [-0.2, 0) is 4.74 Å². The van der Waals surface area contributed by atoms with Gasteiger partial charge in [-0.05, 0) is 44.7 Å². The Balaban J connectivity index is 1.72. The predicted octanol–water partition coefficient (Wildman–Crippen LogP) is 1.10. The number of nitrogens with one attached hydrogen (secondary N) is 1. The Bertz CT molecular complexity index is 176. The molecule has 1 saturated carbocycles. The van der Waals surface area contributed by atoms with Crippen molar-refractivity contribution < 1.29 is 4.74 Å². The third-order valence-corrected chi connectivity index (χ3v) is 3.54. The van der Waals surface area contributed by atoms with Gasteiger partial charge in [0.2, 0.25) is 0 Å². The lowest BCUT2D eigenvalue weighted by atomic mass is 9.99. The lowest BCUT2D eigenvalue weighted by molar-refractivity contribution is 0.126. The zero-order chi connectivity index (χ0) is 10.5. The third kappa shape index (κ3) is 3.74. The van der Waals surface area contributed by atoms with Crippen LogP contribution in [-0.4, -0.2) is 50.8 Å². The monoisotopic (exact) mass is 212 g/mol. The van der Waals surface area contributed by atoms with Crippen LogP contribution >= 0.6 is 0 Å². The van der Waals surface area contributed by atoms with Crippen molar-refractivity contribution in [2.45, 2.75) is 31.7 Å². The minimum absolute atomic E-state index is 0.871. The summed E-state index contributed by atoms with van der Waals surface area (Å²) in [5.41, 5.74) is 0. The first kappa shape index (κ1) is 11.4. The molecule has 0 aromatic heterocycles. The molecule has 0 amide bonds. The zero-order valence-corrected chi connectivity index (χ0v) is 9.87. The predicted molar refractivity (Wildman–Crippen MR) is 62.1 cm³/mol. The molecule has 0 aromatic rings. The highest BCUT2D eigenvalue weighted by molar-refractivity contribution is 4.86.